The van der Waals surface area contributed by atoms with Crippen LogP contribution in [-0.2, 0) is 11.2 Å². The summed E-state index contributed by atoms with van der Waals surface area (Å²) >= 11 is 0. The molecule has 8 heteroatoms. The maximum Gasteiger partial charge on any atom is 0.217 e. The molecule has 0 bridgehead atoms. The first-order valence-corrected chi connectivity index (χ1v) is 12.1. The lowest BCUT2D eigenvalue weighted by Crippen LogP contribution is -2.43. The number of aryl methyl sites for hydroxylation is 1. The smallest absolute Gasteiger partial charge is 0.217 e. The Kier molecular flexibility index (Phi) is 7.50. The Labute approximate surface area is 205 Å². The first-order valence-electron chi connectivity index (χ1n) is 12.1. The number of hydrogen-bond donors (Lipinski definition) is 2. The van der Waals surface area contributed by atoms with Crippen LogP contribution in [0.5, 0.6) is 17.2 Å². The molecule has 2 aromatic carbocycles. The lowest BCUT2D eigenvalue weighted by Gasteiger charge is -2.35. The molecule has 1 fully saturated rings. The third kappa shape index (κ3) is 4.67. The Hall–Kier alpha value is -3.26. The Bertz CT molecular complexity index is 1170. The van der Waals surface area contributed by atoms with Crippen molar-refractivity contribution in [2.45, 2.75) is 51.1 Å². The maximum absolute atomic E-state index is 13.6. The monoisotopic (exact) mass is 482 g/mol. The molecule has 1 saturated heterocycles. The average molecular weight is 483 g/mol. The maximum atomic E-state index is 13.6. The van der Waals surface area contributed by atoms with Crippen LogP contribution in [0.4, 0.5) is 5.69 Å². The zero-order valence-corrected chi connectivity index (χ0v) is 20.8. The molecular formula is C27H34N2O6. The van der Waals surface area contributed by atoms with E-state index in [1.807, 2.05) is 23.1 Å². The van der Waals surface area contributed by atoms with E-state index in [9.17, 15) is 14.7 Å². The van der Waals surface area contributed by atoms with Crippen LogP contribution in [0.2, 0.25) is 0 Å². The predicted molar refractivity (Wildman–Crippen MR) is 135 cm³/mol. The number of fused-ring (bicyclic) bond motifs is 3. The van der Waals surface area contributed by atoms with Gasteiger partial charge in [-0.05, 0) is 67.0 Å². The molecule has 1 aliphatic carbocycles. The second kappa shape index (κ2) is 10.6. The Morgan fingerprint density at radius 1 is 1.09 bits per heavy atom. The molecule has 2 aliphatic rings. The number of benzene rings is 1. The van der Waals surface area contributed by atoms with Crippen LogP contribution in [0.25, 0.3) is 11.1 Å². The summed E-state index contributed by atoms with van der Waals surface area (Å²) in [6.07, 6.45) is 4.10. The molecule has 2 aromatic rings. The second-order valence-electron chi connectivity index (χ2n) is 9.09. The Balaban J connectivity index is 2.00. The standard InChI is InChI=1S/C27H34N2O6/c1-16(31)28-21-10-8-17-13-24(33-2)26(34-3)27(35-4)25(17)19-9-11-22(23(32)14-20(19)21)29-12-6-5-7-18(29)15-30/h9,11,13-14,18,21,30H,5-8,10,12,15H2,1-4H3,(H,28,31). The van der Waals surface area contributed by atoms with Gasteiger partial charge >= 0.3 is 0 Å². The van der Waals surface area contributed by atoms with Crippen LogP contribution in [0.15, 0.2) is 29.1 Å². The van der Waals surface area contributed by atoms with Gasteiger partial charge in [0, 0.05) is 19.0 Å². The quantitative estimate of drug-likeness (QED) is 0.653. The van der Waals surface area contributed by atoms with Crippen LogP contribution >= 0.6 is 0 Å². The van der Waals surface area contributed by atoms with Gasteiger partial charge in [0.15, 0.2) is 11.5 Å². The molecule has 2 atom stereocenters. The summed E-state index contributed by atoms with van der Waals surface area (Å²) in [4.78, 5) is 27.7. The summed E-state index contributed by atoms with van der Waals surface area (Å²) in [6.45, 7) is 2.20. The largest absolute Gasteiger partial charge is 0.493 e. The summed E-state index contributed by atoms with van der Waals surface area (Å²) in [5.74, 6) is 1.40. The topological polar surface area (TPSA) is 97.3 Å². The van der Waals surface area contributed by atoms with Gasteiger partial charge in [-0.15, -0.1) is 0 Å². The highest BCUT2D eigenvalue weighted by Crippen LogP contribution is 2.50. The van der Waals surface area contributed by atoms with Crippen molar-refractivity contribution in [3.05, 3.63) is 45.6 Å². The number of carbonyl (C=O) groups is 1. The molecule has 8 nitrogen and oxygen atoms in total. The minimum atomic E-state index is -0.348. The number of nitrogens with one attached hydrogen (secondary N) is 1. The van der Waals surface area contributed by atoms with E-state index in [-0.39, 0.29) is 30.0 Å². The number of piperidine rings is 1. The number of rotatable bonds is 6. The van der Waals surface area contributed by atoms with Crippen LogP contribution < -0.4 is 29.9 Å². The lowest BCUT2D eigenvalue weighted by molar-refractivity contribution is -0.119. The van der Waals surface area contributed by atoms with Crippen molar-refractivity contribution in [2.24, 2.45) is 0 Å². The van der Waals surface area contributed by atoms with E-state index in [4.69, 9.17) is 14.2 Å². The molecule has 1 amide bonds. The highest BCUT2D eigenvalue weighted by molar-refractivity contribution is 5.83. The third-order valence-corrected chi connectivity index (χ3v) is 7.04. The van der Waals surface area contributed by atoms with Crippen LogP contribution in [-0.4, -0.2) is 51.5 Å². The highest BCUT2D eigenvalue weighted by Gasteiger charge is 2.30. The van der Waals surface area contributed by atoms with Crippen molar-refractivity contribution in [1.82, 2.24) is 5.32 Å². The van der Waals surface area contributed by atoms with E-state index in [0.717, 1.165) is 48.1 Å². The molecule has 2 N–H and O–H groups in total. The molecule has 0 spiro atoms. The average Bonchev–Trinajstić information content (AvgIpc) is 3.11. The minimum absolute atomic E-state index is 0.0000698. The number of aliphatic hydroxyl groups is 1. The van der Waals surface area contributed by atoms with Crippen molar-refractivity contribution in [2.75, 3.05) is 39.4 Å². The van der Waals surface area contributed by atoms with E-state index >= 15 is 0 Å². The van der Waals surface area contributed by atoms with Crippen molar-refractivity contribution >= 4 is 11.6 Å². The van der Waals surface area contributed by atoms with Gasteiger partial charge in [0.05, 0.1) is 45.7 Å². The fourth-order valence-electron chi connectivity index (χ4n) is 5.44. The normalized spacial score (nSPS) is 19.2. The van der Waals surface area contributed by atoms with Gasteiger partial charge in [-0.2, -0.15) is 0 Å². The number of anilines is 1. The Morgan fingerprint density at radius 3 is 2.51 bits per heavy atom. The first kappa shape index (κ1) is 24.9. The van der Waals surface area contributed by atoms with Gasteiger partial charge < -0.3 is 29.5 Å². The van der Waals surface area contributed by atoms with Gasteiger partial charge in [-0.1, -0.05) is 6.07 Å². The summed E-state index contributed by atoms with van der Waals surface area (Å²) < 4.78 is 17.1. The molecule has 35 heavy (non-hydrogen) atoms. The number of carbonyl (C=O) groups excluding carboxylic acids is 1. The van der Waals surface area contributed by atoms with Gasteiger partial charge in [-0.25, -0.2) is 0 Å². The lowest BCUT2D eigenvalue weighted by atomic mass is 9.95. The summed E-state index contributed by atoms with van der Waals surface area (Å²) in [5, 5.41) is 13.0. The van der Waals surface area contributed by atoms with E-state index in [2.05, 4.69) is 5.32 Å². The number of methoxy groups -OCH3 is 3. The van der Waals surface area contributed by atoms with Gasteiger partial charge in [0.1, 0.15) is 0 Å². The predicted octanol–water partition coefficient (Wildman–Crippen LogP) is 3.21. The fourth-order valence-corrected chi connectivity index (χ4v) is 5.44. The molecule has 2 unspecified atom stereocenters. The molecule has 0 aromatic heterocycles. The molecule has 1 heterocycles. The van der Waals surface area contributed by atoms with Crippen molar-refractivity contribution < 1.29 is 24.1 Å². The first-order chi connectivity index (χ1) is 16.9. The van der Waals surface area contributed by atoms with E-state index in [1.165, 1.54) is 6.92 Å². The molecule has 188 valence electrons. The second-order valence-corrected chi connectivity index (χ2v) is 9.09. The van der Waals surface area contributed by atoms with Gasteiger partial charge in [0.2, 0.25) is 17.1 Å². The molecule has 4 rings (SSSR count). The summed E-state index contributed by atoms with van der Waals surface area (Å²) in [5.41, 5.74) is 3.77. The number of amides is 1. The number of nitrogens with zero attached hydrogens (tertiary/aromatic N) is 1. The molecular weight excluding hydrogens is 448 g/mol. The Morgan fingerprint density at radius 2 is 1.86 bits per heavy atom. The SMILES string of the molecule is COc1cc2c(c(OC)c1OC)-c1ccc(N3CCCCC3CO)c(=O)cc1C(NC(C)=O)CC2. The third-order valence-electron chi connectivity index (χ3n) is 7.04. The zero-order chi connectivity index (χ0) is 25.1. The molecule has 1 aliphatic heterocycles. The van der Waals surface area contributed by atoms with Gasteiger partial charge in [-0.3, -0.25) is 9.59 Å². The number of ether oxygens (including phenoxy) is 3. The van der Waals surface area contributed by atoms with Crippen molar-refractivity contribution in [1.29, 1.82) is 0 Å². The van der Waals surface area contributed by atoms with E-state index in [1.54, 1.807) is 27.4 Å². The number of hydrogen-bond acceptors (Lipinski definition) is 7. The van der Waals surface area contributed by atoms with Crippen LogP contribution in [0.1, 0.15) is 49.8 Å². The van der Waals surface area contributed by atoms with Crippen molar-refractivity contribution in [3.63, 3.8) is 0 Å². The summed E-state index contributed by atoms with van der Waals surface area (Å²) in [6, 6.07) is 6.91. The van der Waals surface area contributed by atoms with E-state index in [0.29, 0.717) is 35.8 Å². The van der Waals surface area contributed by atoms with Crippen LogP contribution in [0, 0.1) is 0 Å². The van der Waals surface area contributed by atoms with Gasteiger partial charge in [0.25, 0.3) is 0 Å². The fraction of sp³-hybridized carbons (Fsp3) is 0.481. The minimum Gasteiger partial charge on any atom is -0.493 e. The highest BCUT2D eigenvalue weighted by atomic mass is 16.5. The zero-order valence-electron chi connectivity index (χ0n) is 20.8. The van der Waals surface area contributed by atoms with E-state index < -0.39 is 0 Å². The molecule has 0 radical (unpaired) electrons. The van der Waals surface area contributed by atoms with Crippen LogP contribution in [0.3, 0.4) is 0 Å². The summed E-state index contributed by atoms with van der Waals surface area (Å²) in [7, 11) is 4.73. The van der Waals surface area contributed by atoms with Crippen molar-refractivity contribution in [3.8, 4) is 28.4 Å². The molecule has 0 saturated carbocycles. The number of aliphatic hydroxyl groups excluding tert-OH is 1.